The number of amides is 1. The Morgan fingerprint density at radius 2 is 1.82 bits per heavy atom. The molecule has 0 radical (unpaired) electrons. The first-order valence-electron chi connectivity index (χ1n) is 10.2. The lowest BCUT2D eigenvalue weighted by atomic mass is 10.0. The van der Waals surface area contributed by atoms with Crippen molar-refractivity contribution in [3.05, 3.63) is 98.9 Å². The third-order valence-corrected chi connectivity index (χ3v) is 5.11. The van der Waals surface area contributed by atoms with Gasteiger partial charge in [-0.1, -0.05) is 36.4 Å². The Bertz CT molecular complexity index is 1410. The van der Waals surface area contributed by atoms with Crippen LogP contribution >= 0.6 is 0 Å². The molecule has 33 heavy (non-hydrogen) atoms. The molecular weight excluding hydrogens is 424 g/mol. The first-order valence-corrected chi connectivity index (χ1v) is 10.2. The van der Waals surface area contributed by atoms with Crippen LogP contribution in [0.3, 0.4) is 0 Å². The maximum atomic E-state index is 13.1. The summed E-state index contributed by atoms with van der Waals surface area (Å²) in [5.41, 5.74) is 1.64. The van der Waals surface area contributed by atoms with Gasteiger partial charge in [0.25, 0.3) is 11.6 Å². The fourth-order valence-corrected chi connectivity index (χ4v) is 3.50. The summed E-state index contributed by atoms with van der Waals surface area (Å²) in [6.45, 7) is 3.28. The van der Waals surface area contributed by atoms with Crippen molar-refractivity contribution in [1.29, 1.82) is 0 Å². The smallest absolute Gasteiger partial charge is 0.271 e. The number of rotatable bonds is 6. The molecule has 1 amide bonds. The van der Waals surface area contributed by atoms with Crippen LogP contribution in [0.4, 0.5) is 11.4 Å². The minimum atomic E-state index is -0.905. The summed E-state index contributed by atoms with van der Waals surface area (Å²) in [5, 5.41) is 13.9. The number of anilines is 1. The van der Waals surface area contributed by atoms with Gasteiger partial charge in [-0.2, -0.15) is 0 Å². The minimum absolute atomic E-state index is 0.129. The van der Waals surface area contributed by atoms with Crippen LogP contribution in [-0.2, 0) is 4.79 Å². The average Bonchev–Trinajstić information content (AvgIpc) is 2.79. The van der Waals surface area contributed by atoms with E-state index in [4.69, 9.17) is 9.15 Å². The van der Waals surface area contributed by atoms with E-state index < -0.39 is 16.9 Å². The van der Waals surface area contributed by atoms with E-state index in [1.54, 1.807) is 38.1 Å². The lowest BCUT2D eigenvalue weighted by Gasteiger charge is -2.15. The van der Waals surface area contributed by atoms with Crippen molar-refractivity contribution in [2.45, 2.75) is 20.0 Å². The van der Waals surface area contributed by atoms with E-state index in [0.717, 1.165) is 5.56 Å². The third-order valence-electron chi connectivity index (χ3n) is 5.11. The van der Waals surface area contributed by atoms with Gasteiger partial charge in [0.2, 0.25) is 5.43 Å². The Kier molecular flexibility index (Phi) is 5.91. The molecule has 4 rings (SSSR count). The van der Waals surface area contributed by atoms with Crippen LogP contribution < -0.4 is 15.5 Å². The second-order valence-corrected chi connectivity index (χ2v) is 7.44. The summed E-state index contributed by atoms with van der Waals surface area (Å²) in [7, 11) is 0. The lowest BCUT2D eigenvalue weighted by Crippen LogP contribution is -2.30. The quantitative estimate of drug-likeness (QED) is 0.328. The molecule has 1 aromatic heterocycles. The van der Waals surface area contributed by atoms with Crippen LogP contribution in [0.5, 0.6) is 5.75 Å². The van der Waals surface area contributed by atoms with Gasteiger partial charge in [-0.05, 0) is 37.6 Å². The van der Waals surface area contributed by atoms with E-state index >= 15 is 0 Å². The van der Waals surface area contributed by atoms with E-state index in [-0.39, 0.29) is 11.1 Å². The van der Waals surface area contributed by atoms with Crippen molar-refractivity contribution in [2.24, 2.45) is 0 Å². The van der Waals surface area contributed by atoms with Gasteiger partial charge in [0.05, 0.1) is 15.9 Å². The highest BCUT2D eigenvalue weighted by atomic mass is 16.6. The second kappa shape index (κ2) is 8.96. The Hall–Kier alpha value is -4.46. The molecule has 0 bridgehead atoms. The number of aryl methyl sites for hydroxylation is 1. The molecule has 0 saturated carbocycles. The van der Waals surface area contributed by atoms with Gasteiger partial charge in [-0.3, -0.25) is 19.7 Å². The van der Waals surface area contributed by atoms with Crippen LogP contribution in [0.25, 0.3) is 22.1 Å². The number of ether oxygens (including phenoxy) is 1. The molecule has 0 aliphatic carbocycles. The van der Waals surface area contributed by atoms with Crippen molar-refractivity contribution >= 4 is 28.3 Å². The molecule has 1 N–H and O–H groups in total. The van der Waals surface area contributed by atoms with Crippen LogP contribution in [0, 0.1) is 17.0 Å². The predicted octanol–water partition coefficient (Wildman–Crippen LogP) is 5.08. The number of nitro groups is 1. The molecule has 8 nitrogen and oxygen atoms in total. The molecule has 0 aliphatic rings. The standard InChI is InChI=1S/C25H20N2O6/c1-15-23(17-7-4-3-5-8-17)24(28)21-12-11-20(14-22(21)33-15)32-16(2)25(29)26-18-9-6-10-19(13-18)27(30)31/h3-14,16H,1-2H3,(H,26,29)/t16-/m1/s1. The Morgan fingerprint density at radius 1 is 1.06 bits per heavy atom. The van der Waals surface area contributed by atoms with Gasteiger partial charge in [0.15, 0.2) is 6.10 Å². The number of nitrogens with zero attached hydrogens (tertiary/aromatic N) is 1. The number of hydrogen-bond acceptors (Lipinski definition) is 6. The third kappa shape index (κ3) is 4.59. The van der Waals surface area contributed by atoms with Gasteiger partial charge >= 0.3 is 0 Å². The molecule has 1 atom stereocenters. The number of fused-ring (bicyclic) bond motifs is 1. The maximum Gasteiger partial charge on any atom is 0.271 e. The highest BCUT2D eigenvalue weighted by Gasteiger charge is 2.18. The van der Waals surface area contributed by atoms with E-state index in [9.17, 15) is 19.7 Å². The van der Waals surface area contributed by atoms with E-state index in [1.807, 2.05) is 30.3 Å². The summed E-state index contributed by atoms with van der Waals surface area (Å²) in [5.74, 6) is 0.346. The number of carbonyl (C=O) groups is 1. The number of non-ortho nitro benzene ring substituents is 1. The van der Waals surface area contributed by atoms with Crippen molar-refractivity contribution < 1.29 is 18.9 Å². The van der Waals surface area contributed by atoms with Gasteiger partial charge in [0.1, 0.15) is 17.1 Å². The Balaban J connectivity index is 1.55. The summed E-state index contributed by atoms with van der Waals surface area (Å²) in [4.78, 5) is 35.9. The lowest BCUT2D eigenvalue weighted by molar-refractivity contribution is -0.384. The second-order valence-electron chi connectivity index (χ2n) is 7.44. The zero-order valence-electron chi connectivity index (χ0n) is 17.9. The maximum absolute atomic E-state index is 13.1. The van der Waals surface area contributed by atoms with Crippen LogP contribution in [-0.4, -0.2) is 16.9 Å². The summed E-state index contributed by atoms with van der Waals surface area (Å²) < 4.78 is 11.6. The van der Waals surface area contributed by atoms with Gasteiger partial charge in [-0.15, -0.1) is 0 Å². The molecule has 1 heterocycles. The van der Waals surface area contributed by atoms with Gasteiger partial charge < -0.3 is 14.5 Å². The van der Waals surface area contributed by atoms with Gasteiger partial charge in [0, 0.05) is 23.9 Å². The molecule has 166 valence electrons. The molecule has 0 spiro atoms. The molecule has 0 aliphatic heterocycles. The predicted molar refractivity (Wildman–Crippen MR) is 124 cm³/mol. The number of hydrogen-bond donors (Lipinski definition) is 1. The minimum Gasteiger partial charge on any atom is -0.481 e. The Morgan fingerprint density at radius 3 is 2.55 bits per heavy atom. The fraction of sp³-hybridized carbons (Fsp3) is 0.120. The van der Waals surface area contributed by atoms with Crippen molar-refractivity contribution in [3.8, 4) is 16.9 Å². The number of benzene rings is 3. The Labute approximate surface area is 188 Å². The van der Waals surface area contributed by atoms with Crippen molar-refractivity contribution in [2.75, 3.05) is 5.32 Å². The number of nitrogens with one attached hydrogen (secondary N) is 1. The van der Waals surface area contributed by atoms with E-state index in [2.05, 4.69) is 5.32 Å². The number of nitro benzene ring substituents is 1. The summed E-state index contributed by atoms with van der Waals surface area (Å²) >= 11 is 0. The fourth-order valence-electron chi connectivity index (χ4n) is 3.50. The van der Waals surface area contributed by atoms with Crippen molar-refractivity contribution in [3.63, 3.8) is 0 Å². The molecule has 8 heteroatoms. The topological polar surface area (TPSA) is 112 Å². The highest BCUT2D eigenvalue weighted by Crippen LogP contribution is 2.27. The highest BCUT2D eigenvalue weighted by molar-refractivity contribution is 5.94. The zero-order chi connectivity index (χ0) is 23.5. The van der Waals surface area contributed by atoms with E-state index in [1.165, 1.54) is 18.2 Å². The monoisotopic (exact) mass is 444 g/mol. The number of carbonyl (C=O) groups excluding carboxylic acids is 1. The SMILES string of the molecule is Cc1oc2cc(O[C@H](C)C(=O)Nc3cccc([N+](=O)[O-])c3)ccc2c(=O)c1-c1ccccc1. The zero-order valence-corrected chi connectivity index (χ0v) is 17.9. The van der Waals surface area contributed by atoms with E-state index in [0.29, 0.717) is 33.7 Å². The van der Waals surface area contributed by atoms with Crippen LogP contribution in [0.15, 0.2) is 82.0 Å². The van der Waals surface area contributed by atoms with Gasteiger partial charge in [-0.25, -0.2) is 0 Å². The first kappa shape index (κ1) is 21.8. The van der Waals surface area contributed by atoms with Crippen molar-refractivity contribution in [1.82, 2.24) is 0 Å². The first-order chi connectivity index (χ1) is 15.8. The van der Waals surface area contributed by atoms with Crippen LogP contribution in [0.2, 0.25) is 0 Å². The molecule has 0 saturated heterocycles. The normalized spacial score (nSPS) is 11.7. The average molecular weight is 444 g/mol. The summed E-state index contributed by atoms with van der Waals surface area (Å²) in [6, 6.07) is 19.7. The largest absolute Gasteiger partial charge is 0.481 e. The summed E-state index contributed by atoms with van der Waals surface area (Å²) in [6.07, 6.45) is -0.905. The molecule has 4 aromatic rings. The molecule has 3 aromatic carbocycles. The van der Waals surface area contributed by atoms with Crippen LogP contribution in [0.1, 0.15) is 12.7 Å². The molecule has 0 fully saturated rings. The molecular formula is C25H20N2O6. The molecule has 0 unspecified atom stereocenters.